The summed E-state index contributed by atoms with van der Waals surface area (Å²) in [5.74, 6) is 1.64. The van der Waals surface area contributed by atoms with Crippen LogP contribution in [0.1, 0.15) is 29.5 Å². The van der Waals surface area contributed by atoms with Gasteiger partial charge in [0.05, 0.1) is 23.9 Å². The summed E-state index contributed by atoms with van der Waals surface area (Å²) in [6, 6.07) is 3.63. The van der Waals surface area contributed by atoms with E-state index < -0.39 is 0 Å². The lowest BCUT2D eigenvalue weighted by Crippen LogP contribution is -2.24. The van der Waals surface area contributed by atoms with E-state index in [4.69, 9.17) is 4.42 Å². The highest BCUT2D eigenvalue weighted by Gasteiger charge is 2.24. The lowest BCUT2D eigenvalue weighted by molar-refractivity contribution is -0.118. The van der Waals surface area contributed by atoms with E-state index in [0.29, 0.717) is 11.7 Å². The number of hydrogen-bond donors (Lipinski definition) is 1. The van der Waals surface area contributed by atoms with Crippen molar-refractivity contribution in [2.75, 3.05) is 5.75 Å². The molecule has 0 bridgehead atoms. The zero-order chi connectivity index (χ0) is 19.1. The van der Waals surface area contributed by atoms with E-state index in [1.165, 1.54) is 28.6 Å². The molecular weight excluding hydrogens is 394 g/mol. The summed E-state index contributed by atoms with van der Waals surface area (Å²) >= 11 is 3.14. The second-order valence-electron chi connectivity index (χ2n) is 7.10. The van der Waals surface area contributed by atoms with Crippen molar-refractivity contribution in [1.29, 1.82) is 0 Å². The first kappa shape index (κ1) is 17.7. The number of nitrogens with one attached hydrogen (secondary N) is 1. The van der Waals surface area contributed by atoms with Crippen molar-refractivity contribution in [3.63, 3.8) is 0 Å². The Morgan fingerprint density at radius 3 is 3.25 bits per heavy atom. The Bertz CT molecular complexity index is 1150. The Labute approximate surface area is 169 Å². The molecule has 5 rings (SSSR count). The number of nitrogens with zero attached hydrogens (tertiary/aromatic N) is 4. The van der Waals surface area contributed by atoms with Gasteiger partial charge in [-0.1, -0.05) is 18.7 Å². The number of aromatic nitrogens is 4. The number of thioether (sulfide) groups is 1. The molecular formula is C19H19N5O2S2. The van der Waals surface area contributed by atoms with Crippen molar-refractivity contribution in [1.82, 2.24) is 24.9 Å². The van der Waals surface area contributed by atoms with Gasteiger partial charge in [0.2, 0.25) is 5.91 Å². The van der Waals surface area contributed by atoms with Gasteiger partial charge < -0.3 is 9.73 Å². The Kier molecular flexibility index (Phi) is 4.56. The van der Waals surface area contributed by atoms with Gasteiger partial charge in [-0.05, 0) is 42.9 Å². The first-order valence-corrected chi connectivity index (χ1v) is 11.0. The smallest absolute Gasteiger partial charge is 0.230 e. The molecule has 0 aromatic carbocycles. The van der Waals surface area contributed by atoms with Crippen LogP contribution in [0.5, 0.6) is 0 Å². The fourth-order valence-corrected chi connectivity index (χ4v) is 5.68. The van der Waals surface area contributed by atoms with E-state index in [1.54, 1.807) is 30.0 Å². The van der Waals surface area contributed by atoms with Gasteiger partial charge in [-0.15, -0.1) is 21.5 Å². The molecule has 0 spiro atoms. The molecule has 1 aliphatic rings. The monoisotopic (exact) mass is 413 g/mol. The third-order valence-corrected chi connectivity index (χ3v) is 7.15. The van der Waals surface area contributed by atoms with Crippen LogP contribution in [0.15, 0.2) is 34.3 Å². The molecule has 0 unspecified atom stereocenters. The van der Waals surface area contributed by atoms with Crippen molar-refractivity contribution < 1.29 is 9.21 Å². The van der Waals surface area contributed by atoms with Crippen LogP contribution in [0.2, 0.25) is 0 Å². The van der Waals surface area contributed by atoms with Crippen molar-refractivity contribution in [2.24, 2.45) is 5.92 Å². The molecule has 0 fully saturated rings. The number of furan rings is 1. The van der Waals surface area contributed by atoms with Crippen molar-refractivity contribution in [3.8, 4) is 0 Å². The second-order valence-corrected chi connectivity index (χ2v) is 9.12. The van der Waals surface area contributed by atoms with Crippen LogP contribution in [-0.4, -0.2) is 31.2 Å². The van der Waals surface area contributed by atoms with Gasteiger partial charge in [0.1, 0.15) is 16.9 Å². The number of rotatable bonds is 5. The number of fused-ring (bicyclic) bond motifs is 5. The quantitative estimate of drug-likeness (QED) is 0.504. The Balaban J connectivity index is 1.36. The van der Waals surface area contributed by atoms with Gasteiger partial charge in [-0.25, -0.2) is 4.98 Å². The third-order valence-electron chi connectivity index (χ3n) is 5.04. The average Bonchev–Trinajstić information content (AvgIpc) is 3.41. The minimum absolute atomic E-state index is 0.0749. The van der Waals surface area contributed by atoms with Gasteiger partial charge in [0, 0.05) is 4.88 Å². The minimum atomic E-state index is -0.0749. The number of thiophene rings is 1. The van der Waals surface area contributed by atoms with Gasteiger partial charge in [-0.3, -0.25) is 9.20 Å². The Morgan fingerprint density at radius 2 is 2.39 bits per heavy atom. The summed E-state index contributed by atoms with van der Waals surface area (Å²) in [6.07, 6.45) is 6.75. The Morgan fingerprint density at radius 1 is 1.46 bits per heavy atom. The van der Waals surface area contributed by atoms with Crippen LogP contribution in [0.4, 0.5) is 0 Å². The van der Waals surface area contributed by atoms with Crippen molar-refractivity contribution >= 4 is 44.9 Å². The molecule has 4 heterocycles. The van der Waals surface area contributed by atoms with Gasteiger partial charge in [0.25, 0.3) is 0 Å². The van der Waals surface area contributed by atoms with Gasteiger partial charge in [0.15, 0.2) is 10.8 Å². The molecule has 1 N–H and O–H groups in total. The van der Waals surface area contributed by atoms with Crippen LogP contribution in [0.25, 0.3) is 15.9 Å². The van der Waals surface area contributed by atoms with E-state index in [2.05, 4.69) is 27.4 Å². The van der Waals surface area contributed by atoms with Crippen LogP contribution >= 0.6 is 23.1 Å². The van der Waals surface area contributed by atoms with E-state index in [1.807, 2.05) is 10.5 Å². The highest BCUT2D eigenvalue weighted by Crippen LogP contribution is 2.39. The van der Waals surface area contributed by atoms with Crippen molar-refractivity contribution in [2.45, 2.75) is 37.9 Å². The molecule has 4 aromatic heterocycles. The summed E-state index contributed by atoms with van der Waals surface area (Å²) < 4.78 is 7.12. The molecule has 0 saturated heterocycles. The first-order valence-electron chi connectivity index (χ1n) is 9.25. The highest BCUT2D eigenvalue weighted by atomic mass is 32.2. The zero-order valence-corrected chi connectivity index (χ0v) is 17.0. The van der Waals surface area contributed by atoms with Crippen LogP contribution in [0, 0.1) is 5.92 Å². The standard InChI is InChI=1S/C19H19N5O2S2/c1-11-4-5-13-14(7-11)28-18-16(13)17-22-23-19(24(17)10-21-18)27-9-15(25)20-8-12-3-2-6-26-12/h2-3,6,10-11H,4-5,7-9H2,1H3,(H,20,25)/t11-/m0/s1. The molecule has 0 saturated carbocycles. The van der Waals surface area contributed by atoms with Crippen LogP contribution in [-0.2, 0) is 24.2 Å². The molecule has 1 amide bonds. The summed E-state index contributed by atoms with van der Waals surface area (Å²) in [5.41, 5.74) is 2.23. The van der Waals surface area contributed by atoms with E-state index in [-0.39, 0.29) is 11.7 Å². The van der Waals surface area contributed by atoms with Crippen LogP contribution in [0.3, 0.4) is 0 Å². The fourth-order valence-electron chi connectivity index (χ4n) is 3.60. The predicted molar refractivity (Wildman–Crippen MR) is 109 cm³/mol. The SMILES string of the molecule is C[C@H]1CCc2c(sc3ncn4c(SCC(=O)NCc5ccco5)nnc4c23)C1. The maximum Gasteiger partial charge on any atom is 0.230 e. The van der Waals surface area contributed by atoms with E-state index >= 15 is 0 Å². The largest absolute Gasteiger partial charge is 0.467 e. The lowest BCUT2D eigenvalue weighted by atomic mass is 9.89. The van der Waals surface area contributed by atoms with Gasteiger partial charge in [-0.2, -0.15) is 0 Å². The number of hydrogen-bond acceptors (Lipinski definition) is 7. The predicted octanol–water partition coefficient (Wildman–Crippen LogP) is 3.47. The summed E-state index contributed by atoms with van der Waals surface area (Å²) in [6.45, 7) is 2.69. The van der Waals surface area contributed by atoms with E-state index in [9.17, 15) is 4.79 Å². The number of aryl methyl sites for hydroxylation is 1. The highest BCUT2D eigenvalue weighted by molar-refractivity contribution is 7.99. The molecule has 0 radical (unpaired) electrons. The summed E-state index contributed by atoms with van der Waals surface area (Å²) in [4.78, 5) is 19.2. The summed E-state index contributed by atoms with van der Waals surface area (Å²) in [7, 11) is 0. The fraction of sp³-hybridized carbons (Fsp3) is 0.368. The van der Waals surface area contributed by atoms with E-state index in [0.717, 1.165) is 40.4 Å². The third kappa shape index (κ3) is 3.18. The zero-order valence-electron chi connectivity index (χ0n) is 15.3. The molecule has 7 nitrogen and oxygen atoms in total. The molecule has 144 valence electrons. The molecule has 28 heavy (non-hydrogen) atoms. The molecule has 4 aromatic rings. The molecule has 0 aliphatic heterocycles. The molecule has 1 atom stereocenters. The minimum Gasteiger partial charge on any atom is -0.467 e. The average molecular weight is 414 g/mol. The van der Waals surface area contributed by atoms with Crippen LogP contribution < -0.4 is 5.32 Å². The van der Waals surface area contributed by atoms with Gasteiger partial charge >= 0.3 is 0 Å². The molecule has 1 aliphatic carbocycles. The Hall–Kier alpha value is -2.39. The maximum absolute atomic E-state index is 12.1. The molecule has 9 heteroatoms. The summed E-state index contributed by atoms with van der Waals surface area (Å²) in [5, 5.41) is 13.4. The normalized spacial score (nSPS) is 16.5. The van der Waals surface area contributed by atoms with Crippen molar-refractivity contribution in [3.05, 3.63) is 40.9 Å². The topological polar surface area (TPSA) is 85.3 Å². The lowest BCUT2D eigenvalue weighted by Gasteiger charge is -2.17. The number of carbonyl (C=O) groups is 1. The second kappa shape index (κ2) is 7.21. The first-order chi connectivity index (χ1) is 13.7. The maximum atomic E-state index is 12.1. The number of carbonyl (C=O) groups excluding carboxylic acids is 1. The number of amides is 1.